The van der Waals surface area contributed by atoms with E-state index in [2.05, 4.69) is 25.8 Å². The zero-order chi connectivity index (χ0) is 15.8. The minimum atomic E-state index is -3.76. The molecule has 0 saturated carbocycles. The average molecular weight is 394 g/mol. The summed E-state index contributed by atoms with van der Waals surface area (Å²) in [4.78, 5) is 0.0764. The molecule has 5 nitrogen and oxygen atoms in total. The molecular formula is C13H14BrClN2O3S. The molecule has 0 bridgehead atoms. The zero-order valence-corrected chi connectivity index (χ0v) is 14.8. The maximum Gasteiger partial charge on any atom is 0.264 e. The van der Waals surface area contributed by atoms with Gasteiger partial charge in [0, 0.05) is 16.0 Å². The first kappa shape index (κ1) is 16.3. The fourth-order valence-corrected chi connectivity index (χ4v) is 3.16. The predicted octanol–water partition coefficient (Wildman–Crippen LogP) is 4.19. The summed E-state index contributed by atoms with van der Waals surface area (Å²) in [5, 5.41) is 4.30. The van der Waals surface area contributed by atoms with Crippen LogP contribution >= 0.6 is 27.5 Å². The van der Waals surface area contributed by atoms with Gasteiger partial charge in [0.2, 0.25) is 5.88 Å². The fourth-order valence-electron chi connectivity index (χ4n) is 1.51. The van der Waals surface area contributed by atoms with Gasteiger partial charge < -0.3 is 4.52 Å². The van der Waals surface area contributed by atoms with Crippen LogP contribution in [0.15, 0.2) is 38.2 Å². The van der Waals surface area contributed by atoms with E-state index in [9.17, 15) is 8.42 Å². The van der Waals surface area contributed by atoms with Gasteiger partial charge in [0.15, 0.2) is 0 Å². The third-order valence-corrected chi connectivity index (χ3v) is 5.27. The fraction of sp³-hybridized carbons (Fsp3) is 0.308. The minimum absolute atomic E-state index is 0.0750. The Morgan fingerprint density at radius 1 is 1.29 bits per heavy atom. The molecule has 2 aromatic rings. The number of rotatable bonds is 3. The van der Waals surface area contributed by atoms with E-state index >= 15 is 0 Å². The van der Waals surface area contributed by atoms with E-state index in [1.54, 1.807) is 6.07 Å². The third-order valence-electron chi connectivity index (χ3n) is 2.71. The summed E-state index contributed by atoms with van der Waals surface area (Å²) in [5.41, 5.74) is 0.439. The van der Waals surface area contributed by atoms with Gasteiger partial charge in [-0.1, -0.05) is 37.5 Å². The quantitative estimate of drug-likeness (QED) is 0.848. The molecule has 0 spiro atoms. The van der Waals surface area contributed by atoms with Crippen LogP contribution in [-0.2, 0) is 15.4 Å². The SMILES string of the molecule is CC(C)(C)c1cc(NS(=O)(=O)c2ccc(Cl)c(Br)c2)on1. The second kappa shape index (κ2) is 5.62. The minimum Gasteiger partial charge on any atom is -0.338 e. The van der Waals surface area contributed by atoms with Crippen molar-refractivity contribution in [3.63, 3.8) is 0 Å². The Balaban J connectivity index is 2.29. The summed E-state index contributed by atoms with van der Waals surface area (Å²) in [6.07, 6.45) is 0. The van der Waals surface area contributed by atoms with Gasteiger partial charge in [-0.05, 0) is 34.1 Å². The normalized spacial score (nSPS) is 12.4. The first-order valence-electron chi connectivity index (χ1n) is 6.05. The number of hydrogen-bond donors (Lipinski definition) is 1. The van der Waals surface area contributed by atoms with Crippen LogP contribution in [0.1, 0.15) is 26.5 Å². The van der Waals surface area contributed by atoms with Crippen molar-refractivity contribution in [3.05, 3.63) is 39.5 Å². The first-order valence-corrected chi connectivity index (χ1v) is 8.70. The summed E-state index contributed by atoms with van der Waals surface area (Å²) in [6.45, 7) is 5.87. The molecule has 1 aromatic carbocycles. The van der Waals surface area contributed by atoms with Crippen LogP contribution in [0, 0.1) is 0 Å². The lowest BCUT2D eigenvalue weighted by Gasteiger charge is -2.12. The van der Waals surface area contributed by atoms with Crippen LogP contribution in [0.2, 0.25) is 5.02 Å². The Labute approximate surface area is 136 Å². The van der Waals surface area contributed by atoms with Crippen LogP contribution in [-0.4, -0.2) is 13.6 Å². The van der Waals surface area contributed by atoms with Crippen molar-refractivity contribution in [3.8, 4) is 0 Å². The number of hydrogen-bond acceptors (Lipinski definition) is 4. The van der Waals surface area contributed by atoms with Gasteiger partial charge in [-0.3, -0.25) is 0 Å². The van der Waals surface area contributed by atoms with Gasteiger partial charge in [0.1, 0.15) is 0 Å². The van der Waals surface area contributed by atoms with Crippen molar-refractivity contribution < 1.29 is 12.9 Å². The number of nitrogens with one attached hydrogen (secondary N) is 1. The lowest BCUT2D eigenvalue weighted by atomic mass is 9.92. The lowest BCUT2D eigenvalue weighted by Crippen LogP contribution is -2.13. The highest BCUT2D eigenvalue weighted by molar-refractivity contribution is 9.10. The van der Waals surface area contributed by atoms with Gasteiger partial charge in [-0.15, -0.1) is 0 Å². The van der Waals surface area contributed by atoms with Gasteiger partial charge in [0.05, 0.1) is 15.6 Å². The molecular weight excluding hydrogens is 380 g/mol. The molecule has 2 rings (SSSR count). The molecule has 0 atom stereocenters. The maximum absolute atomic E-state index is 12.3. The average Bonchev–Trinajstić information content (AvgIpc) is 2.80. The molecule has 8 heteroatoms. The Kier molecular flexibility index (Phi) is 4.37. The van der Waals surface area contributed by atoms with E-state index in [1.165, 1.54) is 18.2 Å². The number of aromatic nitrogens is 1. The number of halogens is 2. The molecule has 0 aliphatic heterocycles. The molecule has 1 heterocycles. The lowest BCUT2D eigenvalue weighted by molar-refractivity contribution is 0.405. The van der Waals surface area contributed by atoms with Crippen LogP contribution < -0.4 is 4.72 Å². The number of nitrogens with zero attached hydrogens (tertiary/aromatic N) is 1. The molecule has 0 aliphatic carbocycles. The first-order chi connectivity index (χ1) is 9.59. The van der Waals surface area contributed by atoms with Crippen LogP contribution in [0.25, 0.3) is 0 Å². The Morgan fingerprint density at radius 3 is 2.48 bits per heavy atom. The molecule has 0 amide bonds. The maximum atomic E-state index is 12.3. The van der Waals surface area contributed by atoms with Gasteiger partial charge in [-0.2, -0.15) is 0 Å². The number of benzene rings is 1. The summed E-state index contributed by atoms with van der Waals surface area (Å²) >= 11 is 9.05. The Morgan fingerprint density at radius 2 is 1.95 bits per heavy atom. The van der Waals surface area contributed by atoms with Crippen molar-refractivity contribution in [1.29, 1.82) is 0 Å². The summed E-state index contributed by atoms with van der Waals surface area (Å²) in [7, 11) is -3.76. The highest BCUT2D eigenvalue weighted by Gasteiger charge is 2.22. The van der Waals surface area contributed by atoms with Crippen molar-refractivity contribution in [2.75, 3.05) is 4.72 Å². The van der Waals surface area contributed by atoms with Gasteiger partial charge in [0.25, 0.3) is 10.0 Å². The molecule has 0 aliphatic rings. The molecule has 1 N–H and O–H groups in total. The van der Waals surface area contributed by atoms with E-state index in [-0.39, 0.29) is 16.2 Å². The topological polar surface area (TPSA) is 72.2 Å². The largest absolute Gasteiger partial charge is 0.338 e. The zero-order valence-electron chi connectivity index (χ0n) is 11.6. The predicted molar refractivity (Wildman–Crippen MR) is 85.2 cm³/mol. The van der Waals surface area contributed by atoms with E-state index < -0.39 is 10.0 Å². The van der Waals surface area contributed by atoms with E-state index in [0.717, 1.165) is 0 Å². The molecule has 0 fully saturated rings. The van der Waals surface area contributed by atoms with E-state index in [4.69, 9.17) is 16.1 Å². The third kappa shape index (κ3) is 3.78. The van der Waals surface area contributed by atoms with Crippen LogP contribution in [0.3, 0.4) is 0 Å². The summed E-state index contributed by atoms with van der Waals surface area (Å²) in [6, 6.07) is 5.91. The molecule has 114 valence electrons. The molecule has 21 heavy (non-hydrogen) atoms. The molecule has 0 radical (unpaired) electrons. The smallest absolute Gasteiger partial charge is 0.264 e. The van der Waals surface area contributed by atoms with Crippen molar-refractivity contribution >= 4 is 43.4 Å². The monoisotopic (exact) mass is 392 g/mol. The molecule has 0 unspecified atom stereocenters. The van der Waals surface area contributed by atoms with Crippen molar-refractivity contribution in [2.45, 2.75) is 31.1 Å². The van der Waals surface area contributed by atoms with E-state index in [0.29, 0.717) is 15.2 Å². The van der Waals surface area contributed by atoms with Crippen LogP contribution in [0.4, 0.5) is 5.88 Å². The Bertz CT molecular complexity index is 766. The van der Waals surface area contributed by atoms with Gasteiger partial charge >= 0.3 is 0 Å². The summed E-state index contributed by atoms with van der Waals surface area (Å²) in [5.74, 6) is 0.0750. The number of anilines is 1. The highest BCUT2D eigenvalue weighted by atomic mass is 79.9. The standard InChI is InChI=1S/C13H14BrClN2O3S/c1-13(2,3)11-7-12(20-16-11)17-21(18,19)8-4-5-10(15)9(14)6-8/h4-7,17H,1-3H3. The van der Waals surface area contributed by atoms with Crippen LogP contribution in [0.5, 0.6) is 0 Å². The second-order valence-corrected chi connectivity index (χ2v) is 8.45. The second-order valence-electron chi connectivity index (χ2n) is 5.51. The number of sulfonamides is 1. The molecule has 1 aromatic heterocycles. The Hall–Kier alpha value is -1.05. The van der Waals surface area contributed by atoms with Crippen molar-refractivity contribution in [2.24, 2.45) is 0 Å². The van der Waals surface area contributed by atoms with Gasteiger partial charge in [-0.25, -0.2) is 13.1 Å². The molecule has 0 saturated heterocycles. The highest BCUT2D eigenvalue weighted by Crippen LogP contribution is 2.28. The van der Waals surface area contributed by atoms with Crippen molar-refractivity contribution in [1.82, 2.24) is 5.16 Å². The summed E-state index contributed by atoms with van der Waals surface area (Å²) < 4.78 is 32.4. The van der Waals surface area contributed by atoms with E-state index in [1.807, 2.05) is 20.8 Å².